The van der Waals surface area contributed by atoms with Crippen molar-refractivity contribution in [3.63, 3.8) is 0 Å². The van der Waals surface area contributed by atoms with Crippen LogP contribution in [0.15, 0.2) is 30.3 Å². The molecule has 21 heavy (non-hydrogen) atoms. The van der Waals surface area contributed by atoms with E-state index in [-0.39, 0.29) is 5.82 Å². The number of hydrogen-bond acceptors (Lipinski definition) is 2. The quantitative estimate of drug-likeness (QED) is 0.640. The number of fused-ring (bicyclic) bond motifs is 1. The van der Waals surface area contributed by atoms with Crippen LogP contribution >= 0.6 is 22.9 Å². The zero-order valence-electron chi connectivity index (χ0n) is 11.5. The first-order valence-electron chi connectivity index (χ1n) is 6.95. The van der Waals surface area contributed by atoms with Crippen molar-refractivity contribution in [3.8, 4) is 10.6 Å². The lowest BCUT2D eigenvalue weighted by molar-refractivity contribution is 0.637. The second-order valence-corrected chi connectivity index (χ2v) is 6.71. The number of hydrogen-bond donors (Lipinski definition) is 2. The predicted octanol–water partition coefficient (Wildman–Crippen LogP) is 4.97. The summed E-state index contributed by atoms with van der Waals surface area (Å²) in [7, 11) is 0. The van der Waals surface area contributed by atoms with Crippen molar-refractivity contribution in [1.29, 1.82) is 0 Å². The van der Waals surface area contributed by atoms with Crippen LogP contribution in [-0.4, -0.2) is 11.5 Å². The Morgan fingerprint density at radius 2 is 2.05 bits per heavy atom. The van der Waals surface area contributed by atoms with Crippen molar-refractivity contribution in [2.45, 2.75) is 19.3 Å². The molecule has 0 radical (unpaired) electrons. The Labute approximate surface area is 131 Å². The van der Waals surface area contributed by atoms with Gasteiger partial charge in [-0.2, -0.15) is 0 Å². The third-order valence-electron chi connectivity index (χ3n) is 3.59. The van der Waals surface area contributed by atoms with Gasteiger partial charge in [0, 0.05) is 5.39 Å². The van der Waals surface area contributed by atoms with Crippen molar-refractivity contribution >= 4 is 33.8 Å². The molecule has 0 saturated carbocycles. The number of nitrogens with two attached hydrogens (primary N) is 1. The van der Waals surface area contributed by atoms with Gasteiger partial charge < -0.3 is 10.7 Å². The van der Waals surface area contributed by atoms with Gasteiger partial charge in [0.05, 0.1) is 20.4 Å². The van der Waals surface area contributed by atoms with Crippen LogP contribution in [0.5, 0.6) is 0 Å². The molecule has 0 unspecified atom stereocenters. The van der Waals surface area contributed by atoms with Crippen molar-refractivity contribution in [3.05, 3.63) is 46.0 Å². The lowest BCUT2D eigenvalue weighted by Crippen LogP contribution is -1.99. The predicted molar refractivity (Wildman–Crippen MR) is 88.6 cm³/mol. The maximum atomic E-state index is 14.0. The molecule has 110 valence electrons. The highest BCUT2D eigenvalue weighted by Crippen LogP contribution is 2.37. The van der Waals surface area contributed by atoms with Gasteiger partial charge >= 0.3 is 0 Å². The number of para-hydroxylation sites is 1. The molecule has 0 fully saturated rings. The zero-order chi connectivity index (χ0) is 14.8. The summed E-state index contributed by atoms with van der Waals surface area (Å²) in [6, 6.07) is 9.04. The fourth-order valence-electron chi connectivity index (χ4n) is 2.60. The van der Waals surface area contributed by atoms with Crippen molar-refractivity contribution in [2.75, 3.05) is 6.54 Å². The SMILES string of the molecule is NCCCCc1c(-c2ccc(Cl)s2)[nH]c2c(F)cccc12. The molecule has 0 bridgehead atoms. The van der Waals surface area contributed by atoms with Crippen LogP contribution in [-0.2, 0) is 6.42 Å². The van der Waals surface area contributed by atoms with E-state index >= 15 is 0 Å². The summed E-state index contributed by atoms with van der Waals surface area (Å²) in [5, 5.41) is 0.951. The molecule has 5 heteroatoms. The van der Waals surface area contributed by atoms with Gasteiger partial charge in [-0.1, -0.05) is 23.7 Å². The Kier molecular flexibility index (Phi) is 4.29. The number of rotatable bonds is 5. The third-order valence-corrected chi connectivity index (χ3v) is 4.84. The van der Waals surface area contributed by atoms with Crippen LogP contribution < -0.4 is 5.73 Å². The van der Waals surface area contributed by atoms with Gasteiger partial charge in [0.25, 0.3) is 0 Å². The molecule has 0 aliphatic rings. The standard InChI is InChI=1S/C16H16ClFN2S/c17-14-8-7-13(21-14)16-11(4-1-2-9-19)10-5-3-6-12(18)15(10)20-16/h3,5-8,20H,1-2,4,9,19H2. The molecular weight excluding hydrogens is 307 g/mol. The smallest absolute Gasteiger partial charge is 0.147 e. The van der Waals surface area contributed by atoms with E-state index in [9.17, 15) is 4.39 Å². The molecule has 3 aromatic rings. The Morgan fingerprint density at radius 3 is 2.76 bits per heavy atom. The van der Waals surface area contributed by atoms with E-state index < -0.39 is 0 Å². The van der Waals surface area contributed by atoms with Gasteiger partial charge in [0.2, 0.25) is 0 Å². The molecule has 2 heterocycles. The van der Waals surface area contributed by atoms with Gasteiger partial charge in [-0.3, -0.25) is 0 Å². The molecular formula is C16H16ClFN2S. The number of unbranched alkanes of at least 4 members (excludes halogenated alkanes) is 1. The fraction of sp³-hybridized carbons (Fsp3) is 0.250. The first kappa shape index (κ1) is 14.6. The minimum Gasteiger partial charge on any atom is -0.351 e. The van der Waals surface area contributed by atoms with E-state index in [0.29, 0.717) is 12.1 Å². The molecule has 0 aliphatic heterocycles. The highest BCUT2D eigenvalue weighted by Gasteiger charge is 2.16. The molecule has 2 aromatic heterocycles. The van der Waals surface area contributed by atoms with E-state index in [1.165, 1.54) is 17.4 Å². The summed E-state index contributed by atoms with van der Waals surface area (Å²) < 4.78 is 14.7. The summed E-state index contributed by atoms with van der Waals surface area (Å²) in [6.07, 6.45) is 2.84. The van der Waals surface area contributed by atoms with E-state index in [4.69, 9.17) is 17.3 Å². The maximum Gasteiger partial charge on any atom is 0.147 e. The second kappa shape index (κ2) is 6.18. The van der Waals surface area contributed by atoms with Gasteiger partial charge in [0.1, 0.15) is 5.82 Å². The molecule has 1 aromatic carbocycles. The van der Waals surface area contributed by atoms with E-state index in [0.717, 1.165) is 45.1 Å². The summed E-state index contributed by atoms with van der Waals surface area (Å²) in [4.78, 5) is 4.27. The number of benzene rings is 1. The molecule has 0 saturated heterocycles. The van der Waals surface area contributed by atoms with Crippen molar-refractivity contribution in [2.24, 2.45) is 5.73 Å². The average molecular weight is 323 g/mol. The van der Waals surface area contributed by atoms with Crippen LogP contribution in [0.25, 0.3) is 21.5 Å². The van der Waals surface area contributed by atoms with Gasteiger partial charge in [-0.05, 0) is 49.6 Å². The molecule has 3 rings (SSSR count). The Bertz CT molecular complexity index is 763. The largest absolute Gasteiger partial charge is 0.351 e. The first-order chi connectivity index (χ1) is 10.2. The molecule has 0 spiro atoms. The number of H-pyrrole nitrogens is 1. The van der Waals surface area contributed by atoms with Crippen LogP contribution in [0.3, 0.4) is 0 Å². The lowest BCUT2D eigenvalue weighted by Gasteiger charge is -2.03. The topological polar surface area (TPSA) is 41.8 Å². The molecule has 2 nitrogen and oxygen atoms in total. The summed E-state index contributed by atoms with van der Waals surface area (Å²) in [5.74, 6) is -0.221. The molecule has 0 aliphatic carbocycles. The van der Waals surface area contributed by atoms with Crippen molar-refractivity contribution < 1.29 is 4.39 Å². The minimum absolute atomic E-state index is 0.221. The number of halogens is 2. The lowest BCUT2D eigenvalue weighted by atomic mass is 10.0. The number of thiophene rings is 1. The Morgan fingerprint density at radius 1 is 1.19 bits per heavy atom. The number of nitrogens with one attached hydrogen (secondary N) is 1. The van der Waals surface area contributed by atoms with Gasteiger partial charge in [-0.25, -0.2) is 4.39 Å². The minimum atomic E-state index is -0.221. The van der Waals surface area contributed by atoms with E-state index in [1.54, 1.807) is 6.07 Å². The average Bonchev–Trinajstić information content (AvgIpc) is 3.04. The van der Waals surface area contributed by atoms with E-state index in [2.05, 4.69) is 4.98 Å². The normalized spacial score (nSPS) is 11.4. The Balaban J connectivity index is 2.12. The molecule has 3 N–H and O–H groups in total. The monoisotopic (exact) mass is 322 g/mol. The number of aryl methyl sites for hydroxylation is 1. The van der Waals surface area contributed by atoms with Crippen LogP contribution in [0.2, 0.25) is 4.34 Å². The second-order valence-electron chi connectivity index (χ2n) is 4.99. The third kappa shape index (κ3) is 2.84. The highest BCUT2D eigenvalue weighted by atomic mass is 35.5. The van der Waals surface area contributed by atoms with Crippen LogP contribution in [0.4, 0.5) is 4.39 Å². The summed E-state index contributed by atoms with van der Waals surface area (Å²) >= 11 is 7.54. The van der Waals surface area contributed by atoms with Crippen LogP contribution in [0.1, 0.15) is 18.4 Å². The number of aromatic amines is 1. The summed E-state index contributed by atoms with van der Waals surface area (Å²) in [5.41, 5.74) is 8.27. The molecule has 0 amide bonds. The summed E-state index contributed by atoms with van der Waals surface area (Å²) in [6.45, 7) is 0.677. The van der Waals surface area contributed by atoms with E-state index in [1.807, 2.05) is 18.2 Å². The highest BCUT2D eigenvalue weighted by molar-refractivity contribution is 7.19. The number of aromatic nitrogens is 1. The molecule has 0 atom stereocenters. The van der Waals surface area contributed by atoms with Crippen molar-refractivity contribution in [1.82, 2.24) is 4.98 Å². The zero-order valence-corrected chi connectivity index (χ0v) is 13.0. The van der Waals surface area contributed by atoms with Crippen LogP contribution in [0, 0.1) is 5.82 Å². The first-order valence-corrected chi connectivity index (χ1v) is 8.15. The Hall–Kier alpha value is -1.36. The maximum absolute atomic E-state index is 14.0. The van der Waals surface area contributed by atoms with Gasteiger partial charge in [0.15, 0.2) is 0 Å². The fourth-order valence-corrected chi connectivity index (χ4v) is 3.67. The van der Waals surface area contributed by atoms with Gasteiger partial charge in [-0.15, -0.1) is 11.3 Å².